The molecule has 0 aliphatic carbocycles. The largest absolute Gasteiger partial charge is 0.466 e. The van der Waals surface area contributed by atoms with Crippen molar-refractivity contribution in [3.8, 4) is 0 Å². The van der Waals surface area contributed by atoms with Gasteiger partial charge in [0.15, 0.2) is 5.78 Å². The van der Waals surface area contributed by atoms with E-state index in [0.717, 1.165) is 0 Å². The van der Waals surface area contributed by atoms with Gasteiger partial charge in [0.05, 0.1) is 29.1 Å². The Labute approximate surface area is 238 Å². The van der Waals surface area contributed by atoms with Crippen molar-refractivity contribution in [3.63, 3.8) is 0 Å². The Hall–Kier alpha value is -4.38. The molecule has 0 saturated carbocycles. The zero-order valence-corrected chi connectivity index (χ0v) is 23.6. The van der Waals surface area contributed by atoms with Crippen LogP contribution in [0.1, 0.15) is 55.5 Å². The summed E-state index contributed by atoms with van der Waals surface area (Å²) in [5.41, 5.74) is 1.91. The van der Waals surface area contributed by atoms with Crippen molar-refractivity contribution in [2.75, 3.05) is 33.4 Å². The number of non-ortho nitro benzene ring substituents is 1. The molecule has 1 aliphatic rings. The maximum Gasteiger partial charge on any atom is 0.336 e. The Morgan fingerprint density at radius 3 is 2.29 bits per heavy atom. The zero-order valence-electron chi connectivity index (χ0n) is 23.6. The fourth-order valence-corrected chi connectivity index (χ4v) is 4.81. The number of ether oxygens (including phenoxy) is 2. The second kappa shape index (κ2) is 14.3. The summed E-state index contributed by atoms with van der Waals surface area (Å²) in [5, 5.41) is 14.5. The molecule has 0 bridgehead atoms. The summed E-state index contributed by atoms with van der Waals surface area (Å²) in [6.07, 6.45) is 0.875. The van der Waals surface area contributed by atoms with E-state index in [9.17, 15) is 28.9 Å². The number of nitro groups is 1. The van der Waals surface area contributed by atoms with Crippen molar-refractivity contribution in [1.82, 2.24) is 10.2 Å². The minimum absolute atomic E-state index is 0.0489. The lowest BCUT2D eigenvalue weighted by molar-refractivity contribution is -0.384. The Morgan fingerprint density at radius 1 is 1.02 bits per heavy atom. The molecule has 0 radical (unpaired) electrons. The summed E-state index contributed by atoms with van der Waals surface area (Å²) in [6.45, 7) is 7.01. The van der Waals surface area contributed by atoms with Gasteiger partial charge in [0.1, 0.15) is 12.4 Å². The number of nitrogens with one attached hydrogen (secondary N) is 1. The highest BCUT2D eigenvalue weighted by Gasteiger charge is 2.38. The highest BCUT2D eigenvalue weighted by molar-refractivity contribution is 6.00. The fourth-order valence-electron chi connectivity index (χ4n) is 4.81. The van der Waals surface area contributed by atoms with Crippen LogP contribution >= 0.6 is 0 Å². The van der Waals surface area contributed by atoms with E-state index in [-0.39, 0.29) is 29.2 Å². The monoisotopic (exact) mass is 567 g/mol. The lowest BCUT2D eigenvalue weighted by atomic mass is 9.80. The van der Waals surface area contributed by atoms with Gasteiger partial charge in [0.25, 0.3) is 5.69 Å². The number of rotatable bonds is 13. The Morgan fingerprint density at radius 2 is 1.68 bits per heavy atom. The average Bonchev–Trinajstić information content (AvgIpc) is 2.95. The maximum absolute atomic E-state index is 13.4. The summed E-state index contributed by atoms with van der Waals surface area (Å²) in [6, 6.07) is 11.2. The second-order valence-electron chi connectivity index (χ2n) is 9.58. The number of allylic oxidation sites excluding steroid dienone is 2. The first-order valence-electron chi connectivity index (χ1n) is 13.3. The number of ketones is 1. The third-order valence-electron chi connectivity index (χ3n) is 6.93. The van der Waals surface area contributed by atoms with Crippen LogP contribution in [0.15, 0.2) is 71.1 Å². The van der Waals surface area contributed by atoms with Gasteiger partial charge in [-0.2, -0.15) is 0 Å². The number of likely N-dealkylation sites (N-methyl/N-ethyl adjacent to an activating group) is 1. The highest BCUT2D eigenvalue weighted by atomic mass is 19.1. The van der Waals surface area contributed by atoms with Crippen LogP contribution in [0.5, 0.6) is 0 Å². The average molecular weight is 568 g/mol. The lowest BCUT2D eigenvalue weighted by Crippen LogP contribution is -2.34. The first-order valence-corrected chi connectivity index (χ1v) is 13.3. The van der Waals surface area contributed by atoms with E-state index in [0.29, 0.717) is 55.0 Å². The van der Waals surface area contributed by atoms with Crippen LogP contribution in [-0.2, 0) is 19.1 Å². The zero-order chi connectivity index (χ0) is 30.1. The molecule has 218 valence electrons. The molecule has 0 fully saturated rings. The van der Waals surface area contributed by atoms with Crippen LogP contribution < -0.4 is 5.32 Å². The molecular weight excluding hydrogens is 533 g/mol. The Bertz CT molecular complexity index is 1370. The van der Waals surface area contributed by atoms with Crippen LogP contribution in [0.3, 0.4) is 0 Å². The number of hydrogen-bond acceptors (Lipinski definition) is 9. The number of benzene rings is 2. The van der Waals surface area contributed by atoms with Crippen LogP contribution in [0, 0.1) is 15.9 Å². The molecule has 1 atom stereocenters. The van der Waals surface area contributed by atoms with Gasteiger partial charge in [-0.05, 0) is 63.2 Å². The molecule has 0 amide bonds. The molecule has 0 saturated heterocycles. The van der Waals surface area contributed by atoms with Crippen LogP contribution in [0.25, 0.3) is 0 Å². The molecule has 1 N–H and O–H groups in total. The quantitative estimate of drug-likeness (QED) is 0.159. The van der Waals surface area contributed by atoms with Crippen LogP contribution in [-0.4, -0.2) is 60.9 Å². The van der Waals surface area contributed by atoms with Crippen LogP contribution in [0.2, 0.25) is 0 Å². The van der Waals surface area contributed by atoms with Gasteiger partial charge in [0, 0.05) is 42.1 Å². The summed E-state index contributed by atoms with van der Waals surface area (Å²) >= 11 is 0. The normalized spacial score (nSPS) is 15.0. The number of carbonyl (C=O) groups excluding carboxylic acids is 3. The Kier molecular flexibility index (Phi) is 10.9. The number of esters is 2. The van der Waals surface area contributed by atoms with Gasteiger partial charge in [-0.1, -0.05) is 19.1 Å². The predicted octanol–water partition coefficient (Wildman–Crippen LogP) is 4.67. The first-order chi connectivity index (χ1) is 19.6. The molecule has 10 nitrogen and oxygen atoms in total. The summed E-state index contributed by atoms with van der Waals surface area (Å²) in [5.74, 6) is -2.74. The van der Waals surface area contributed by atoms with E-state index < -0.39 is 28.6 Å². The number of halogens is 1. The smallest absolute Gasteiger partial charge is 0.336 e. The summed E-state index contributed by atoms with van der Waals surface area (Å²) in [4.78, 5) is 51.5. The molecule has 1 unspecified atom stereocenters. The molecule has 3 rings (SSSR count). The van der Waals surface area contributed by atoms with Gasteiger partial charge in [-0.3, -0.25) is 14.9 Å². The number of nitrogens with zero attached hydrogens (tertiary/aromatic N) is 2. The minimum Gasteiger partial charge on any atom is -0.466 e. The van der Waals surface area contributed by atoms with Gasteiger partial charge >= 0.3 is 11.9 Å². The molecule has 2 aromatic rings. The van der Waals surface area contributed by atoms with Gasteiger partial charge in [-0.25, -0.2) is 14.0 Å². The third-order valence-corrected chi connectivity index (χ3v) is 6.93. The van der Waals surface area contributed by atoms with Crippen molar-refractivity contribution in [3.05, 3.63) is 98.1 Å². The summed E-state index contributed by atoms with van der Waals surface area (Å²) < 4.78 is 23.7. The molecular formula is C30H34FN3O7. The van der Waals surface area contributed by atoms with E-state index in [1.807, 2.05) is 11.8 Å². The highest BCUT2D eigenvalue weighted by Crippen LogP contribution is 2.40. The molecule has 1 aliphatic heterocycles. The van der Waals surface area contributed by atoms with E-state index in [1.165, 1.54) is 49.6 Å². The topological polar surface area (TPSA) is 128 Å². The molecule has 41 heavy (non-hydrogen) atoms. The van der Waals surface area contributed by atoms with Crippen LogP contribution in [0.4, 0.5) is 10.1 Å². The Balaban J connectivity index is 1.69. The van der Waals surface area contributed by atoms with Crippen molar-refractivity contribution in [2.24, 2.45) is 0 Å². The second-order valence-corrected chi connectivity index (χ2v) is 9.58. The van der Waals surface area contributed by atoms with Gasteiger partial charge in [-0.15, -0.1) is 0 Å². The molecule has 1 heterocycles. The van der Waals surface area contributed by atoms with E-state index in [4.69, 9.17) is 9.47 Å². The number of hydrogen-bond donors (Lipinski definition) is 1. The van der Waals surface area contributed by atoms with Crippen molar-refractivity contribution in [1.29, 1.82) is 0 Å². The number of carbonyl (C=O) groups is 3. The summed E-state index contributed by atoms with van der Waals surface area (Å²) in [7, 11) is 1.23. The third kappa shape index (κ3) is 7.85. The molecule has 0 aromatic heterocycles. The maximum atomic E-state index is 13.4. The fraction of sp³-hybridized carbons (Fsp3) is 0.367. The van der Waals surface area contributed by atoms with E-state index in [2.05, 4.69) is 5.32 Å². The predicted molar refractivity (Wildman–Crippen MR) is 149 cm³/mol. The number of methoxy groups -OCH3 is 1. The lowest BCUT2D eigenvalue weighted by Gasteiger charge is -2.30. The number of Topliss-reactive ketones (excluding diaryl/α,β-unsaturated/α-hetero) is 1. The standard InChI is InChI=1S/C30H34FN3O7/c1-5-33(15-7-10-25(35)21-11-13-23(31)14-12-21)16-17-41-30(37)27-20(3)32-19(2)26(29(36)40-4)28(27)22-8-6-9-24(18-22)34(38)39/h6,8-9,11-14,18,28,32H,5,7,10,15-17H2,1-4H3. The number of nitro benzene ring substituents is 1. The number of dihydropyridines is 1. The van der Waals surface area contributed by atoms with Crippen molar-refractivity contribution in [2.45, 2.75) is 39.5 Å². The van der Waals surface area contributed by atoms with Crippen molar-refractivity contribution < 1.29 is 33.2 Å². The van der Waals surface area contributed by atoms with Crippen molar-refractivity contribution >= 4 is 23.4 Å². The molecule has 0 spiro atoms. The first kappa shape index (κ1) is 31.2. The van der Waals surface area contributed by atoms with E-state index >= 15 is 0 Å². The molecule has 11 heteroatoms. The SMILES string of the molecule is CCN(CCCC(=O)c1ccc(F)cc1)CCOC(=O)C1=C(C)NC(C)=C(C(=O)OC)C1c1cccc([N+](=O)[O-])c1. The van der Waals surface area contributed by atoms with E-state index in [1.54, 1.807) is 19.9 Å². The van der Waals surface area contributed by atoms with Gasteiger partial charge < -0.3 is 19.7 Å². The van der Waals surface area contributed by atoms with Gasteiger partial charge in [0.2, 0.25) is 0 Å². The minimum atomic E-state index is -0.934. The molecule has 2 aromatic carbocycles.